The number of nitrogens with one attached hydrogen (secondary N) is 3. The van der Waals surface area contributed by atoms with Crippen molar-refractivity contribution < 1.29 is 0 Å². The number of aromatic amines is 3. The summed E-state index contributed by atoms with van der Waals surface area (Å²) < 4.78 is 0. The summed E-state index contributed by atoms with van der Waals surface area (Å²) in [6.45, 7) is 4.29. The summed E-state index contributed by atoms with van der Waals surface area (Å²) in [4.78, 5) is 7.00. The zero-order valence-corrected chi connectivity index (χ0v) is 18.1. The molecule has 0 amide bonds. The zero-order chi connectivity index (χ0) is 21.7. The number of nitrogens with zero attached hydrogens (tertiary/aromatic N) is 1. The van der Waals surface area contributed by atoms with Crippen LogP contribution in [-0.4, -0.2) is 20.2 Å². The van der Waals surface area contributed by atoms with E-state index in [4.69, 9.17) is 0 Å². The Morgan fingerprint density at radius 2 is 1.28 bits per heavy atom. The van der Waals surface area contributed by atoms with Crippen LogP contribution in [0.1, 0.15) is 33.7 Å². The van der Waals surface area contributed by atoms with Gasteiger partial charge in [-0.1, -0.05) is 53.6 Å². The fourth-order valence-electron chi connectivity index (χ4n) is 4.84. The minimum Gasteiger partial charge on any atom is -0.361 e. The van der Waals surface area contributed by atoms with Gasteiger partial charge < -0.3 is 9.97 Å². The number of hydrogen-bond acceptors (Lipinski definition) is 1. The van der Waals surface area contributed by atoms with Crippen LogP contribution < -0.4 is 0 Å². The molecular formula is C28H24N4. The SMILES string of the molecule is Cc1ccc2[nH]cc(C(c3cn[nH]c3-c3ccccc3)c3c[nH]c4ccc(C)cc34)c2c1. The van der Waals surface area contributed by atoms with Crippen LogP contribution >= 0.6 is 0 Å². The Morgan fingerprint density at radius 3 is 1.88 bits per heavy atom. The highest BCUT2D eigenvalue weighted by Crippen LogP contribution is 2.42. The Kier molecular flexibility index (Phi) is 4.25. The Hall–Kier alpha value is -4.05. The molecular weight excluding hydrogens is 392 g/mol. The third kappa shape index (κ3) is 2.95. The normalized spacial score (nSPS) is 11.7. The fourth-order valence-corrected chi connectivity index (χ4v) is 4.84. The Morgan fingerprint density at radius 1 is 0.688 bits per heavy atom. The fraction of sp³-hybridized carbons (Fsp3) is 0.107. The maximum Gasteiger partial charge on any atom is 0.0691 e. The van der Waals surface area contributed by atoms with Gasteiger partial charge in [-0.05, 0) is 54.8 Å². The molecule has 0 aliphatic rings. The second-order valence-corrected chi connectivity index (χ2v) is 8.59. The van der Waals surface area contributed by atoms with Crippen molar-refractivity contribution in [2.24, 2.45) is 0 Å². The summed E-state index contributed by atoms with van der Waals surface area (Å²) in [7, 11) is 0. The largest absolute Gasteiger partial charge is 0.361 e. The molecule has 3 heterocycles. The summed E-state index contributed by atoms with van der Waals surface area (Å²) in [5.74, 6) is 0.0232. The lowest BCUT2D eigenvalue weighted by atomic mass is 9.83. The number of benzene rings is 3. The predicted octanol–water partition coefficient (Wildman–Crippen LogP) is 6.84. The molecule has 0 atom stereocenters. The van der Waals surface area contributed by atoms with Crippen molar-refractivity contribution >= 4 is 21.8 Å². The second-order valence-electron chi connectivity index (χ2n) is 8.59. The van der Waals surface area contributed by atoms with Crippen LogP contribution in [0.15, 0.2) is 85.3 Å². The molecule has 4 heteroatoms. The van der Waals surface area contributed by atoms with Gasteiger partial charge in [-0.15, -0.1) is 0 Å². The summed E-state index contributed by atoms with van der Waals surface area (Å²) in [5.41, 5.74) is 10.7. The summed E-state index contributed by atoms with van der Waals surface area (Å²) >= 11 is 0. The van der Waals surface area contributed by atoms with Crippen molar-refractivity contribution in [1.82, 2.24) is 20.2 Å². The molecule has 0 saturated heterocycles. The summed E-state index contributed by atoms with van der Waals surface area (Å²) in [5, 5.41) is 10.3. The van der Waals surface area contributed by atoms with Crippen molar-refractivity contribution in [2.45, 2.75) is 19.8 Å². The maximum absolute atomic E-state index is 4.49. The van der Waals surface area contributed by atoms with Crippen molar-refractivity contribution in [3.8, 4) is 11.3 Å². The Balaban J connectivity index is 1.66. The van der Waals surface area contributed by atoms with Crippen LogP contribution in [0.5, 0.6) is 0 Å². The molecule has 0 fully saturated rings. The number of fused-ring (bicyclic) bond motifs is 2. The third-order valence-electron chi connectivity index (χ3n) is 6.40. The molecule has 3 aromatic heterocycles. The Labute approximate surface area is 186 Å². The lowest BCUT2D eigenvalue weighted by Crippen LogP contribution is -2.03. The van der Waals surface area contributed by atoms with Crippen molar-refractivity contribution in [3.05, 3.63) is 113 Å². The molecule has 0 spiro atoms. The quantitative estimate of drug-likeness (QED) is 0.290. The van der Waals surface area contributed by atoms with Gasteiger partial charge in [0.25, 0.3) is 0 Å². The average Bonchev–Trinajstić information content (AvgIpc) is 3.54. The summed E-state index contributed by atoms with van der Waals surface area (Å²) in [6, 6.07) is 23.6. The molecule has 156 valence electrons. The van der Waals surface area contributed by atoms with Crippen LogP contribution in [0, 0.1) is 13.8 Å². The number of aryl methyl sites for hydroxylation is 2. The lowest BCUT2D eigenvalue weighted by Gasteiger charge is -2.18. The van der Waals surface area contributed by atoms with Gasteiger partial charge in [0.2, 0.25) is 0 Å². The highest BCUT2D eigenvalue weighted by Gasteiger charge is 2.27. The van der Waals surface area contributed by atoms with Gasteiger partial charge in [-0.25, -0.2) is 0 Å². The first-order valence-corrected chi connectivity index (χ1v) is 10.9. The van der Waals surface area contributed by atoms with Crippen molar-refractivity contribution in [2.75, 3.05) is 0 Å². The molecule has 0 aliphatic carbocycles. The van der Waals surface area contributed by atoms with Crippen LogP contribution in [0.25, 0.3) is 33.1 Å². The van der Waals surface area contributed by atoms with E-state index in [9.17, 15) is 0 Å². The van der Waals surface area contributed by atoms with Gasteiger partial charge in [0.1, 0.15) is 0 Å². The first-order chi connectivity index (χ1) is 15.7. The topological polar surface area (TPSA) is 60.3 Å². The monoisotopic (exact) mass is 416 g/mol. The molecule has 0 unspecified atom stereocenters. The predicted molar refractivity (Wildman–Crippen MR) is 131 cm³/mol. The molecule has 0 bridgehead atoms. The van der Waals surface area contributed by atoms with E-state index in [1.54, 1.807) is 0 Å². The van der Waals surface area contributed by atoms with Crippen molar-refractivity contribution in [3.63, 3.8) is 0 Å². The molecule has 6 rings (SSSR count). The van der Waals surface area contributed by atoms with E-state index in [1.165, 1.54) is 38.6 Å². The Bertz CT molecular complexity index is 1470. The molecule has 3 aromatic carbocycles. The molecule has 0 aliphatic heterocycles. The maximum atomic E-state index is 4.49. The van der Waals surface area contributed by atoms with Gasteiger partial charge in [-0.2, -0.15) is 5.10 Å². The zero-order valence-electron chi connectivity index (χ0n) is 18.1. The van der Waals surface area contributed by atoms with Crippen LogP contribution in [-0.2, 0) is 0 Å². The minimum atomic E-state index is 0.0232. The molecule has 6 aromatic rings. The second kappa shape index (κ2) is 7.27. The number of hydrogen-bond donors (Lipinski definition) is 3. The lowest BCUT2D eigenvalue weighted by molar-refractivity contribution is 1.00. The van der Waals surface area contributed by atoms with Gasteiger partial charge in [0.15, 0.2) is 0 Å². The average molecular weight is 417 g/mol. The van der Waals surface area contributed by atoms with E-state index in [-0.39, 0.29) is 5.92 Å². The van der Waals surface area contributed by atoms with Gasteiger partial charge in [0, 0.05) is 45.7 Å². The third-order valence-corrected chi connectivity index (χ3v) is 6.40. The molecule has 0 saturated carbocycles. The number of rotatable bonds is 4. The highest BCUT2D eigenvalue weighted by molar-refractivity contribution is 5.90. The van der Waals surface area contributed by atoms with E-state index in [1.807, 2.05) is 12.3 Å². The van der Waals surface area contributed by atoms with Crippen LogP contribution in [0.4, 0.5) is 0 Å². The van der Waals surface area contributed by atoms with Gasteiger partial charge in [0.05, 0.1) is 11.9 Å². The van der Waals surface area contributed by atoms with Crippen LogP contribution in [0.2, 0.25) is 0 Å². The summed E-state index contributed by atoms with van der Waals surface area (Å²) in [6.07, 6.45) is 6.30. The van der Waals surface area contributed by atoms with Gasteiger partial charge >= 0.3 is 0 Å². The molecule has 3 N–H and O–H groups in total. The van der Waals surface area contributed by atoms with E-state index < -0.39 is 0 Å². The van der Waals surface area contributed by atoms with Crippen molar-refractivity contribution in [1.29, 1.82) is 0 Å². The van der Waals surface area contributed by atoms with E-state index in [0.717, 1.165) is 22.3 Å². The molecule has 4 nitrogen and oxygen atoms in total. The van der Waals surface area contributed by atoms with Gasteiger partial charge in [-0.3, -0.25) is 5.10 Å². The number of H-pyrrole nitrogens is 3. The van der Waals surface area contributed by atoms with Crippen LogP contribution in [0.3, 0.4) is 0 Å². The highest BCUT2D eigenvalue weighted by atomic mass is 15.1. The molecule has 0 radical (unpaired) electrons. The first-order valence-electron chi connectivity index (χ1n) is 10.9. The molecule has 32 heavy (non-hydrogen) atoms. The number of aromatic nitrogens is 4. The first kappa shape index (κ1) is 18.7. The van der Waals surface area contributed by atoms with E-state index in [2.05, 4.69) is 107 Å². The minimum absolute atomic E-state index is 0.0232. The smallest absolute Gasteiger partial charge is 0.0691 e. The standard InChI is InChI=1S/C28H24N4/c1-17-8-10-25-20(12-17)22(14-29-25)27(23-15-30-26-11-9-18(2)13-21(23)26)24-16-31-32-28(24)19-6-4-3-5-7-19/h3-16,27,29-30H,1-2H3,(H,31,32). The van der Waals surface area contributed by atoms with E-state index >= 15 is 0 Å². The van der Waals surface area contributed by atoms with E-state index in [0.29, 0.717) is 0 Å².